The first-order chi connectivity index (χ1) is 14.4. The van der Waals surface area contributed by atoms with Gasteiger partial charge in [-0.2, -0.15) is 9.78 Å². The maximum Gasteiger partial charge on any atom is 0.359 e. The third-order valence-electron chi connectivity index (χ3n) is 4.45. The summed E-state index contributed by atoms with van der Waals surface area (Å²) in [6.07, 6.45) is 0. The number of thiophene rings is 1. The quantitative estimate of drug-likeness (QED) is 0.579. The van der Waals surface area contributed by atoms with Crippen molar-refractivity contribution in [3.8, 4) is 5.69 Å². The first kappa shape index (κ1) is 21.7. The summed E-state index contributed by atoms with van der Waals surface area (Å²) in [7, 11) is 1.41. The lowest BCUT2D eigenvalue weighted by Gasteiger charge is -2.11. The van der Waals surface area contributed by atoms with Crippen molar-refractivity contribution in [2.75, 3.05) is 25.6 Å². The van der Waals surface area contributed by atoms with Gasteiger partial charge in [-0.3, -0.25) is 9.59 Å². The van der Waals surface area contributed by atoms with Gasteiger partial charge in [0, 0.05) is 17.9 Å². The van der Waals surface area contributed by atoms with Gasteiger partial charge in [0.25, 0.3) is 11.5 Å². The highest BCUT2D eigenvalue weighted by atomic mass is 32.1. The summed E-state index contributed by atoms with van der Waals surface area (Å²) < 4.78 is 11.1. The molecular weight excluding hydrogens is 406 g/mol. The van der Waals surface area contributed by atoms with Crippen LogP contribution in [0.4, 0.5) is 5.00 Å². The largest absolute Gasteiger partial charge is 0.461 e. The van der Waals surface area contributed by atoms with Crippen LogP contribution < -0.4 is 10.9 Å². The minimum Gasteiger partial charge on any atom is -0.461 e. The summed E-state index contributed by atoms with van der Waals surface area (Å²) in [5, 5.41) is 9.45. The van der Waals surface area contributed by atoms with Crippen molar-refractivity contribution in [1.29, 1.82) is 0 Å². The Kier molecular flexibility index (Phi) is 6.63. The van der Waals surface area contributed by atoms with Crippen molar-refractivity contribution in [2.45, 2.75) is 26.7 Å². The van der Waals surface area contributed by atoms with Gasteiger partial charge in [-0.1, -0.05) is 26.0 Å². The molecule has 3 rings (SSSR count). The molecule has 0 radical (unpaired) electrons. The van der Waals surface area contributed by atoms with E-state index in [0.29, 0.717) is 22.0 Å². The third kappa shape index (κ3) is 4.27. The molecule has 1 amide bonds. The SMILES string of the molecule is CCOC(=O)c1nn(-c2ccc(C(C)C)cc2)c(=O)c2c(NC(=O)COC)scc12. The fraction of sp³-hybridized carbons (Fsp3) is 0.333. The van der Waals surface area contributed by atoms with Crippen LogP contribution in [0.25, 0.3) is 16.5 Å². The average Bonchev–Trinajstić information content (AvgIpc) is 3.12. The molecular formula is C21H23N3O5S. The van der Waals surface area contributed by atoms with E-state index in [1.807, 2.05) is 12.1 Å². The van der Waals surface area contributed by atoms with Gasteiger partial charge < -0.3 is 14.8 Å². The number of carbonyl (C=O) groups excluding carboxylic acids is 2. The van der Waals surface area contributed by atoms with Crippen molar-refractivity contribution < 1.29 is 19.1 Å². The van der Waals surface area contributed by atoms with Crippen LogP contribution in [0.5, 0.6) is 0 Å². The van der Waals surface area contributed by atoms with E-state index in [9.17, 15) is 14.4 Å². The lowest BCUT2D eigenvalue weighted by Crippen LogP contribution is -2.26. The molecule has 0 spiro atoms. The van der Waals surface area contributed by atoms with Gasteiger partial charge in [0.05, 0.1) is 17.7 Å². The second-order valence-corrected chi connectivity index (χ2v) is 7.75. The number of carbonyl (C=O) groups is 2. The number of nitrogens with zero attached hydrogens (tertiary/aromatic N) is 2. The Morgan fingerprint density at radius 1 is 1.23 bits per heavy atom. The molecule has 0 aliphatic carbocycles. The Labute approximate surface area is 177 Å². The van der Waals surface area contributed by atoms with Crippen LogP contribution in [0.1, 0.15) is 42.7 Å². The number of esters is 1. The lowest BCUT2D eigenvalue weighted by atomic mass is 10.0. The molecule has 1 N–H and O–H groups in total. The molecule has 0 saturated carbocycles. The molecule has 1 aromatic carbocycles. The first-order valence-corrected chi connectivity index (χ1v) is 10.4. The minimum atomic E-state index is -0.636. The number of fused-ring (bicyclic) bond motifs is 1. The molecule has 0 fully saturated rings. The number of amides is 1. The van der Waals surface area contributed by atoms with Gasteiger partial charge in [-0.05, 0) is 30.5 Å². The highest BCUT2D eigenvalue weighted by Gasteiger charge is 2.23. The standard InChI is InChI=1S/C21H23N3O5S/c1-5-29-21(27)18-15-11-30-19(22-16(25)10-28-4)17(15)20(26)24(23-18)14-8-6-13(7-9-14)12(2)3/h6-9,11-12H,5,10H2,1-4H3,(H,22,25). The zero-order chi connectivity index (χ0) is 21.8. The van der Waals surface area contributed by atoms with Crippen LogP contribution in [-0.4, -0.2) is 42.0 Å². The van der Waals surface area contributed by atoms with E-state index >= 15 is 0 Å². The number of anilines is 1. The number of ether oxygens (including phenoxy) is 2. The molecule has 0 aliphatic heterocycles. The number of nitrogens with one attached hydrogen (secondary N) is 1. The molecule has 0 bridgehead atoms. The van der Waals surface area contributed by atoms with Gasteiger partial charge >= 0.3 is 5.97 Å². The maximum atomic E-state index is 13.3. The van der Waals surface area contributed by atoms with Crippen LogP contribution in [0.3, 0.4) is 0 Å². The normalized spacial score (nSPS) is 11.1. The number of hydrogen-bond donors (Lipinski definition) is 1. The topological polar surface area (TPSA) is 99.5 Å². The van der Waals surface area contributed by atoms with Crippen LogP contribution in [0.15, 0.2) is 34.4 Å². The predicted octanol–water partition coefficient (Wildman–Crippen LogP) is 3.33. The molecule has 9 heteroatoms. The number of benzene rings is 1. The van der Waals surface area contributed by atoms with Gasteiger partial charge in [0.1, 0.15) is 11.6 Å². The molecule has 0 atom stereocenters. The van der Waals surface area contributed by atoms with Gasteiger partial charge in [-0.25, -0.2) is 4.79 Å². The Hall–Kier alpha value is -3.04. The summed E-state index contributed by atoms with van der Waals surface area (Å²) in [5.41, 5.74) is 1.20. The Morgan fingerprint density at radius 3 is 2.53 bits per heavy atom. The van der Waals surface area contributed by atoms with E-state index in [-0.39, 0.29) is 24.3 Å². The van der Waals surface area contributed by atoms with E-state index < -0.39 is 17.4 Å². The van der Waals surface area contributed by atoms with Crippen molar-refractivity contribution in [1.82, 2.24) is 9.78 Å². The third-order valence-corrected chi connectivity index (χ3v) is 5.35. The van der Waals surface area contributed by atoms with Gasteiger partial charge in [0.15, 0.2) is 5.69 Å². The summed E-state index contributed by atoms with van der Waals surface area (Å²) in [4.78, 5) is 37.8. The lowest BCUT2D eigenvalue weighted by molar-refractivity contribution is -0.119. The predicted molar refractivity (Wildman–Crippen MR) is 116 cm³/mol. The van der Waals surface area contributed by atoms with Crippen molar-refractivity contribution in [3.05, 3.63) is 51.3 Å². The fourth-order valence-corrected chi connectivity index (χ4v) is 3.91. The highest BCUT2D eigenvalue weighted by Crippen LogP contribution is 2.30. The van der Waals surface area contributed by atoms with E-state index in [1.165, 1.54) is 7.11 Å². The summed E-state index contributed by atoms with van der Waals surface area (Å²) in [5.74, 6) is -0.702. The van der Waals surface area contributed by atoms with Crippen molar-refractivity contribution in [2.24, 2.45) is 0 Å². The van der Waals surface area contributed by atoms with E-state index in [1.54, 1.807) is 24.4 Å². The molecule has 0 aliphatic rings. The van der Waals surface area contributed by atoms with E-state index in [4.69, 9.17) is 9.47 Å². The monoisotopic (exact) mass is 429 g/mol. The Balaban J connectivity index is 2.21. The van der Waals surface area contributed by atoms with Crippen LogP contribution in [0.2, 0.25) is 0 Å². The Bertz CT molecular complexity index is 1130. The molecule has 0 unspecified atom stereocenters. The molecule has 2 aromatic heterocycles. The van der Waals surface area contributed by atoms with Crippen LogP contribution in [-0.2, 0) is 14.3 Å². The second kappa shape index (κ2) is 9.19. The molecule has 2 heterocycles. The highest BCUT2D eigenvalue weighted by molar-refractivity contribution is 7.16. The van der Waals surface area contributed by atoms with E-state index in [0.717, 1.165) is 21.6 Å². The molecule has 30 heavy (non-hydrogen) atoms. The zero-order valence-electron chi connectivity index (χ0n) is 17.2. The number of aromatic nitrogens is 2. The molecule has 158 valence electrons. The average molecular weight is 429 g/mol. The number of methoxy groups -OCH3 is 1. The second-order valence-electron chi connectivity index (χ2n) is 6.87. The summed E-state index contributed by atoms with van der Waals surface area (Å²) in [6.45, 7) is 5.86. The number of rotatable bonds is 7. The van der Waals surface area contributed by atoms with Gasteiger partial charge in [-0.15, -0.1) is 11.3 Å². The molecule has 0 saturated heterocycles. The summed E-state index contributed by atoms with van der Waals surface area (Å²) >= 11 is 1.14. The van der Waals surface area contributed by atoms with Gasteiger partial charge in [0.2, 0.25) is 0 Å². The van der Waals surface area contributed by atoms with Crippen molar-refractivity contribution >= 4 is 39.0 Å². The van der Waals surface area contributed by atoms with Crippen LogP contribution >= 0.6 is 11.3 Å². The molecule has 3 aromatic rings. The van der Waals surface area contributed by atoms with Crippen molar-refractivity contribution in [3.63, 3.8) is 0 Å². The smallest absolute Gasteiger partial charge is 0.359 e. The summed E-state index contributed by atoms with van der Waals surface area (Å²) in [6, 6.07) is 7.38. The van der Waals surface area contributed by atoms with Crippen LogP contribution in [0, 0.1) is 0 Å². The molecule has 8 nitrogen and oxygen atoms in total. The first-order valence-electron chi connectivity index (χ1n) is 9.48. The maximum absolute atomic E-state index is 13.3. The van der Waals surface area contributed by atoms with E-state index in [2.05, 4.69) is 24.3 Å². The Morgan fingerprint density at radius 2 is 1.93 bits per heavy atom. The fourth-order valence-electron chi connectivity index (χ4n) is 2.96. The number of hydrogen-bond acceptors (Lipinski definition) is 7. The zero-order valence-corrected chi connectivity index (χ0v) is 18.0. The minimum absolute atomic E-state index is 0.0166.